The van der Waals surface area contributed by atoms with Gasteiger partial charge in [0.15, 0.2) is 0 Å². The van der Waals surface area contributed by atoms with Crippen molar-refractivity contribution < 1.29 is 0 Å². The van der Waals surface area contributed by atoms with Crippen LogP contribution in [0.1, 0.15) is 27.7 Å². The Bertz CT molecular complexity index is 221. The van der Waals surface area contributed by atoms with Crippen LogP contribution >= 0.6 is 0 Å². The van der Waals surface area contributed by atoms with E-state index in [1.165, 1.54) is 5.57 Å². The largest absolute Gasteiger partial charge is 0.385 e. The summed E-state index contributed by atoms with van der Waals surface area (Å²) in [6.07, 6.45) is 3.85. The van der Waals surface area contributed by atoms with E-state index in [1.807, 2.05) is 12.2 Å². The summed E-state index contributed by atoms with van der Waals surface area (Å²) in [5.41, 5.74) is 2.26. The highest BCUT2D eigenvalue weighted by atomic mass is 14.9. The molecular formula is C13H23N. The molecule has 0 aromatic carbocycles. The van der Waals surface area contributed by atoms with Crippen molar-refractivity contribution in [1.29, 1.82) is 0 Å². The monoisotopic (exact) mass is 193 g/mol. The Morgan fingerprint density at radius 2 is 1.86 bits per heavy atom. The maximum Gasteiger partial charge on any atom is 0.0302 e. The minimum absolute atomic E-state index is 0.486. The first kappa shape index (κ1) is 13.0. The first-order valence-electron chi connectivity index (χ1n) is 5.24. The van der Waals surface area contributed by atoms with Crippen LogP contribution in [0.25, 0.3) is 0 Å². The zero-order chi connectivity index (χ0) is 11.1. The van der Waals surface area contributed by atoms with Gasteiger partial charge < -0.3 is 5.32 Å². The predicted octanol–water partition coefficient (Wildman–Crippen LogP) is 3.51. The van der Waals surface area contributed by atoms with Gasteiger partial charge in [0.2, 0.25) is 0 Å². The molecule has 0 bridgehead atoms. The summed E-state index contributed by atoms with van der Waals surface area (Å²) in [6, 6.07) is 0. The molecule has 1 nitrogen and oxygen atoms in total. The van der Waals surface area contributed by atoms with Crippen LogP contribution < -0.4 is 5.32 Å². The van der Waals surface area contributed by atoms with Gasteiger partial charge >= 0.3 is 0 Å². The van der Waals surface area contributed by atoms with E-state index in [0.717, 1.165) is 12.2 Å². The molecule has 0 aliphatic carbocycles. The van der Waals surface area contributed by atoms with Crippen LogP contribution in [0.5, 0.6) is 0 Å². The van der Waals surface area contributed by atoms with Crippen LogP contribution in [-0.4, -0.2) is 6.54 Å². The molecule has 0 aliphatic rings. The summed E-state index contributed by atoms with van der Waals surface area (Å²) in [5.74, 6) is 1.13. The fraction of sp³-hybridized carbons (Fsp3) is 0.538. The summed E-state index contributed by atoms with van der Waals surface area (Å²) in [6.45, 7) is 17.4. The molecule has 0 atom stereocenters. The number of allylic oxidation sites excluding steroid dienone is 3. The van der Waals surface area contributed by atoms with Gasteiger partial charge in [0, 0.05) is 12.2 Å². The van der Waals surface area contributed by atoms with Crippen molar-refractivity contribution in [2.45, 2.75) is 27.7 Å². The van der Waals surface area contributed by atoms with Crippen molar-refractivity contribution in [2.24, 2.45) is 11.8 Å². The molecule has 14 heavy (non-hydrogen) atoms. The highest BCUT2D eigenvalue weighted by molar-refractivity contribution is 5.31. The highest BCUT2D eigenvalue weighted by Gasteiger charge is 2.06. The Hall–Kier alpha value is -0.980. The average Bonchev–Trinajstić information content (AvgIpc) is 2.09. The zero-order valence-corrected chi connectivity index (χ0v) is 9.93. The van der Waals surface area contributed by atoms with Gasteiger partial charge in [-0.05, 0) is 17.4 Å². The van der Waals surface area contributed by atoms with Gasteiger partial charge in [0.05, 0.1) is 0 Å². The van der Waals surface area contributed by atoms with Crippen LogP contribution in [0.15, 0.2) is 36.6 Å². The lowest BCUT2D eigenvalue weighted by Crippen LogP contribution is -2.21. The third-order valence-corrected chi connectivity index (χ3v) is 1.99. The van der Waals surface area contributed by atoms with Gasteiger partial charge in [-0.2, -0.15) is 0 Å². The SMILES string of the molecule is C=C/C=C(/C(=C)NCC(C)C)C(C)C. The molecule has 0 unspecified atom stereocenters. The molecular weight excluding hydrogens is 170 g/mol. The molecule has 0 fully saturated rings. The van der Waals surface area contributed by atoms with Crippen molar-refractivity contribution in [3.8, 4) is 0 Å². The number of hydrogen-bond donors (Lipinski definition) is 1. The Kier molecular flexibility index (Phi) is 6.02. The van der Waals surface area contributed by atoms with E-state index >= 15 is 0 Å². The van der Waals surface area contributed by atoms with Gasteiger partial charge in [-0.1, -0.05) is 53.0 Å². The summed E-state index contributed by atoms with van der Waals surface area (Å²) < 4.78 is 0. The molecule has 0 aliphatic heterocycles. The normalized spacial score (nSPS) is 12.0. The standard InChI is InChI=1S/C13H23N/c1-7-8-13(11(4)5)12(6)14-9-10(2)3/h7-8,10-11,14H,1,6,9H2,2-5H3/b13-8+. The minimum Gasteiger partial charge on any atom is -0.385 e. The van der Waals surface area contributed by atoms with Crippen LogP contribution in [0.3, 0.4) is 0 Å². The molecule has 0 saturated heterocycles. The van der Waals surface area contributed by atoms with Crippen molar-refractivity contribution >= 4 is 0 Å². The smallest absolute Gasteiger partial charge is 0.0302 e. The van der Waals surface area contributed by atoms with Crippen LogP contribution in [0, 0.1) is 11.8 Å². The van der Waals surface area contributed by atoms with E-state index in [1.54, 1.807) is 0 Å². The minimum atomic E-state index is 0.486. The quantitative estimate of drug-likeness (QED) is 0.636. The molecule has 0 rings (SSSR count). The molecule has 0 radical (unpaired) electrons. The summed E-state index contributed by atoms with van der Waals surface area (Å²) >= 11 is 0. The molecule has 1 N–H and O–H groups in total. The van der Waals surface area contributed by atoms with Crippen molar-refractivity contribution in [3.05, 3.63) is 36.6 Å². The Balaban J connectivity index is 4.31. The van der Waals surface area contributed by atoms with E-state index in [2.05, 4.69) is 46.2 Å². The first-order chi connectivity index (χ1) is 6.49. The lowest BCUT2D eigenvalue weighted by atomic mass is 10.00. The fourth-order valence-corrected chi connectivity index (χ4v) is 1.20. The lowest BCUT2D eigenvalue weighted by Gasteiger charge is -2.17. The van der Waals surface area contributed by atoms with Crippen LogP contribution in [0.4, 0.5) is 0 Å². The van der Waals surface area contributed by atoms with E-state index in [-0.39, 0.29) is 0 Å². The predicted molar refractivity (Wildman–Crippen MR) is 65.1 cm³/mol. The maximum atomic E-state index is 4.04. The molecule has 0 saturated carbocycles. The maximum absolute atomic E-state index is 4.04. The molecule has 0 aromatic rings. The van der Waals surface area contributed by atoms with Gasteiger partial charge in [-0.25, -0.2) is 0 Å². The number of rotatable bonds is 6. The van der Waals surface area contributed by atoms with E-state index < -0.39 is 0 Å². The molecule has 1 heteroatoms. The molecule has 0 heterocycles. The summed E-state index contributed by atoms with van der Waals surface area (Å²) in [4.78, 5) is 0. The lowest BCUT2D eigenvalue weighted by molar-refractivity contribution is 0.591. The second-order valence-electron chi connectivity index (χ2n) is 4.27. The molecule has 0 spiro atoms. The van der Waals surface area contributed by atoms with Gasteiger partial charge in [0.1, 0.15) is 0 Å². The second kappa shape index (κ2) is 6.47. The third-order valence-electron chi connectivity index (χ3n) is 1.99. The molecule has 80 valence electrons. The van der Waals surface area contributed by atoms with Crippen molar-refractivity contribution in [2.75, 3.05) is 6.54 Å². The van der Waals surface area contributed by atoms with Gasteiger partial charge in [0.25, 0.3) is 0 Å². The molecule has 0 aromatic heterocycles. The Labute approximate surface area is 88.6 Å². The average molecular weight is 193 g/mol. The number of hydrogen-bond acceptors (Lipinski definition) is 1. The van der Waals surface area contributed by atoms with Gasteiger partial charge in [-0.15, -0.1) is 0 Å². The van der Waals surface area contributed by atoms with E-state index in [4.69, 9.17) is 0 Å². The third kappa shape index (κ3) is 4.90. The summed E-state index contributed by atoms with van der Waals surface area (Å²) in [7, 11) is 0. The second-order valence-corrected chi connectivity index (χ2v) is 4.27. The Morgan fingerprint density at radius 1 is 1.29 bits per heavy atom. The fourth-order valence-electron chi connectivity index (χ4n) is 1.20. The highest BCUT2D eigenvalue weighted by Crippen LogP contribution is 2.16. The summed E-state index contributed by atoms with van der Waals surface area (Å²) in [5, 5.41) is 3.34. The van der Waals surface area contributed by atoms with E-state index in [0.29, 0.717) is 11.8 Å². The topological polar surface area (TPSA) is 12.0 Å². The van der Waals surface area contributed by atoms with E-state index in [9.17, 15) is 0 Å². The van der Waals surface area contributed by atoms with Crippen LogP contribution in [0.2, 0.25) is 0 Å². The van der Waals surface area contributed by atoms with Gasteiger partial charge in [-0.3, -0.25) is 0 Å². The first-order valence-corrected chi connectivity index (χ1v) is 5.24. The van der Waals surface area contributed by atoms with Crippen molar-refractivity contribution in [3.63, 3.8) is 0 Å². The zero-order valence-electron chi connectivity index (χ0n) is 9.93. The van der Waals surface area contributed by atoms with Crippen molar-refractivity contribution in [1.82, 2.24) is 5.32 Å². The molecule has 0 amide bonds. The Morgan fingerprint density at radius 3 is 2.21 bits per heavy atom. The number of nitrogens with one attached hydrogen (secondary N) is 1. The van der Waals surface area contributed by atoms with Crippen LogP contribution in [-0.2, 0) is 0 Å².